The number of amides is 1. The van der Waals surface area contributed by atoms with Crippen LogP contribution >= 0.6 is 0 Å². The Hall–Kier alpha value is -3.03. The Balaban J connectivity index is 1.56. The van der Waals surface area contributed by atoms with Crippen molar-refractivity contribution in [1.29, 1.82) is 0 Å². The topological polar surface area (TPSA) is 66.5 Å². The Morgan fingerprint density at radius 3 is 2.41 bits per heavy atom. The molecule has 0 saturated carbocycles. The van der Waals surface area contributed by atoms with Crippen molar-refractivity contribution >= 4 is 15.9 Å². The van der Waals surface area contributed by atoms with Gasteiger partial charge in [-0.2, -0.15) is 4.31 Å². The Bertz CT molecular complexity index is 1180. The number of hydrogen-bond donors (Lipinski definition) is 1. The molecule has 5 nitrogen and oxygen atoms in total. The Morgan fingerprint density at radius 1 is 0.969 bits per heavy atom. The first-order valence-corrected chi connectivity index (χ1v) is 12.0. The largest absolute Gasteiger partial charge is 0.348 e. The van der Waals surface area contributed by atoms with Crippen LogP contribution in [0.3, 0.4) is 0 Å². The fourth-order valence-electron chi connectivity index (χ4n) is 4.07. The maximum Gasteiger partial charge on any atom is 0.243 e. The van der Waals surface area contributed by atoms with E-state index in [0.29, 0.717) is 0 Å². The van der Waals surface area contributed by atoms with Gasteiger partial charge in [0.2, 0.25) is 15.9 Å². The fourth-order valence-corrected chi connectivity index (χ4v) is 5.46. The molecule has 7 heteroatoms. The van der Waals surface area contributed by atoms with Crippen LogP contribution in [0.2, 0.25) is 0 Å². The van der Waals surface area contributed by atoms with Crippen molar-refractivity contribution in [1.82, 2.24) is 9.62 Å². The fraction of sp³-hybridized carbons (Fsp3) is 0.240. The second kappa shape index (κ2) is 9.63. The number of benzene rings is 3. The normalized spacial score (nSPS) is 15.9. The average Bonchev–Trinajstić information content (AvgIpc) is 2.80. The van der Waals surface area contributed by atoms with Crippen molar-refractivity contribution in [2.75, 3.05) is 6.54 Å². The van der Waals surface area contributed by atoms with E-state index in [2.05, 4.69) is 11.4 Å². The summed E-state index contributed by atoms with van der Waals surface area (Å²) in [6.07, 6.45) is 2.75. The molecule has 1 amide bonds. The maximum absolute atomic E-state index is 13.3. The summed E-state index contributed by atoms with van der Waals surface area (Å²) in [6.45, 7) is -0.289. The molecule has 0 unspecified atom stereocenters. The van der Waals surface area contributed by atoms with Gasteiger partial charge in [-0.05, 0) is 60.2 Å². The molecular formula is C25H25FN2O3S. The van der Waals surface area contributed by atoms with E-state index in [1.54, 1.807) is 0 Å². The molecule has 0 bridgehead atoms. The van der Waals surface area contributed by atoms with Gasteiger partial charge in [0, 0.05) is 6.54 Å². The Morgan fingerprint density at radius 2 is 1.66 bits per heavy atom. The average molecular weight is 453 g/mol. The van der Waals surface area contributed by atoms with Crippen LogP contribution in [-0.2, 0) is 27.8 Å². The van der Waals surface area contributed by atoms with Gasteiger partial charge in [0.05, 0.1) is 17.5 Å². The third-order valence-corrected chi connectivity index (χ3v) is 7.48. The van der Waals surface area contributed by atoms with Crippen molar-refractivity contribution in [3.8, 4) is 0 Å². The second-order valence-electron chi connectivity index (χ2n) is 7.92. The van der Waals surface area contributed by atoms with Gasteiger partial charge in [-0.1, -0.05) is 54.6 Å². The number of carbonyl (C=O) groups excluding carboxylic acids is 1. The lowest BCUT2D eigenvalue weighted by Gasteiger charge is -2.28. The Kier molecular flexibility index (Phi) is 6.67. The predicted octanol–water partition coefficient (Wildman–Crippen LogP) is 4.21. The summed E-state index contributed by atoms with van der Waals surface area (Å²) in [4.78, 5) is 12.9. The summed E-state index contributed by atoms with van der Waals surface area (Å²) in [5.41, 5.74) is 3.06. The van der Waals surface area contributed by atoms with Crippen LogP contribution in [0, 0.1) is 5.82 Å². The number of nitrogens with zero attached hydrogens (tertiary/aromatic N) is 1. The van der Waals surface area contributed by atoms with Crippen LogP contribution < -0.4 is 5.32 Å². The van der Waals surface area contributed by atoms with Crippen LogP contribution in [0.1, 0.15) is 35.6 Å². The van der Waals surface area contributed by atoms with Gasteiger partial charge in [0.15, 0.2) is 0 Å². The third kappa shape index (κ3) is 5.06. The molecule has 32 heavy (non-hydrogen) atoms. The second-order valence-corrected chi connectivity index (χ2v) is 9.86. The van der Waals surface area contributed by atoms with Gasteiger partial charge < -0.3 is 5.32 Å². The first-order valence-electron chi connectivity index (χ1n) is 10.6. The lowest BCUT2D eigenvalue weighted by molar-refractivity contribution is -0.122. The van der Waals surface area contributed by atoms with E-state index >= 15 is 0 Å². The lowest BCUT2D eigenvalue weighted by Crippen LogP contribution is -2.42. The van der Waals surface area contributed by atoms with E-state index in [1.165, 1.54) is 17.7 Å². The number of sulfonamides is 1. The Labute approximate surface area is 187 Å². The zero-order valence-electron chi connectivity index (χ0n) is 17.6. The van der Waals surface area contributed by atoms with E-state index in [9.17, 15) is 17.6 Å². The third-order valence-electron chi connectivity index (χ3n) is 5.68. The van der Waals surface area contributed by atoms with E-state index in [-0.39, 0.29) is 29.9 Å². The smallest absolute Gasteiger partial charge is 0.243 e. The number of carbonyl (C=O) groups is 1. The number of hydrogen-bond acceptors (Lipinski definition) is 3. The highest BCUT2D eigenvalue weighted by Gasteiger charge is 2.29. The minimum Gasteiger partial charge on any atom is -0.348 e. The van der Waals surface area contributed by atoms with Crippen LogP contribution in [0.25, 0.3) is 0 Å². The van der Waals surface area contributed by atoms with Crippen LogP contribution in [0.5, 0.6) is 0 Å². The summed E-state index contributed by atoms with van der Waals surface area (Å²) in [5, 5.41) is 3.02. The monoisotopic (exact) mass is 452 g/mol. The SMILES string of the molecule is O=C(CN(Cc1ccccc1)S(=O)(=O)c1ccc(F)cc1)N[C@H]1CCCc2ccccc21. The highest BCUT2D eigenvalue weighted by atomic mass is 32.2. The van der Waals surface area contributed by atoms with Crippen molar-refractivity contribution in [2.24, 2.45) is 0 Å². The van der Waals surface area contributed by atoms with Gasteiger partial charge in [-0.3, -0.25) is 4.79 Å². The molecule has 0 fully saturated rings. The van der Waals surface area contributed by atoms with Crippen LogP contribution in [-0.4, -0.2) is 25.2 Å². The minimum atomic E-state index is -4.01. The molecule has 0 aromatic heterocycles. The molecule has 3 aromatic rings. The molecule has 166 valence electrons. The van der Waals surface area contributed by atoms with E-state index < -0.39 is 15.8 Å². The summed E-state index contributed by atoms with van der Waals surface area (Å²) < 4.78 is 41.1. The first kappa shape index (κ1) is 22.2. The predicted molar refractivity (Wildman–Crippen MR) is 121 cm³/mol. The van der Waals surface area contributed by atoms with E-state index in [1.807, 2.05) is 48.5 Å². The lowest BCUT2D eigenvalue weighted by atomic mass is 9.88. The van der Waals surface area contributed by atoms with Gasteiger partial charge >= 0.3 is 0 Å². The quantitative estimate of drug-likeness (QED) is 0.584. The summed E-state index contributed by atoms with van der Waals surface area (Å²) in [5.74, 6) is -0.888. The molecule has 4 rings (SSSR count). The highest BCUT2D eigenvalue weighted by Crippen LogP contribution is 2.29. The number of rotatable bonds is 7. The van der Waals surface area contributed by atoms with Gasteiger partial charge in [0.1, 0.15) is 5.82 Å². The molecule has 0 radical (unpaired) electrons. The molecule has 0 saturated heterocycles. The molecule has 1 aliphatic rings. The summed E-state index contributed by atoms with van der Waals surface area (Å²) >= 11 is 0. The molecule has 1 N–H and O–H groups in total. The first-order chi connectivity index (χ1) is 15.4. The number of halogens is 1. The molecule has 0 spiro atoms. The molecule has 0 aliphatic heterocycles. The molecular weight excluding hydrogens is 427 g/mol. The van der Waals surface area contributed by atoms with Gasteiger partial charge in [0.25, 0.3) is 0 Å². The molecule has 0 heterocycles. The van der Waals surface area contributed by atoms with Crippen molar-refractivity contribution in [2.45, 2.75) is 36.7 Å². The number of aryl methyl sites for hydroxylation is 1. The van der Waals surface area contributed by atoms with Gasteiger partial charge in [-0.25, -0.2) is 12.8 Å². The van der Waals surface area contributed by atoms with Crippen molar-refractivity contribution < 1.29 is 17.6 Å². The highest BCUT2D eigenvalue weighted by molar-refractivity contribution is 7.89. The van der Waals surface area contributed by atoms with Crippen LogP contribution in [0.4, 0.5) is 4.39 Å². The minimum absolute atomic E-state index is 0.0369. The standard InChI is InChI=1S/C25H25FN2O3S/c26-21-13-15-22(16-14-21)32(30,31)28(17-19-7-2-1-3-8-19)18-25(29)27-24-12-6-10-20-9-4-5-11-23(20)24/h1-5,7-9,11,13-16,24H,6,10,12,17-18H2,(H,27,29)/t24-/m0/s1. The van der Waals surface area contributed by atoms with E-state index in [0.717, 1.165) is 46.8 Å². The van der Waals surface area contributed by atoms with E-state index in [4.69, 9.17) is 0 Å². The number of fused-ring (bicyclic) bond motifs is 1. The molecule has 3 aromatic carbocycles. The van der Waals surface area contributed by atoms with Gasteiger partial charge in [-0.15, -0.1) is 0 Å². The number of nitrogens with one attached hydrogen (secondary N) is 1. The van der Waals surface area contributed by atoms with Crippen molar-refractivity contribution in [3.05, 3.63) is 101 Å². The molecule has 1 atom stereocenters. The summed E-state index contributed by atoms with van der Waals surface area (Å²) in [7, 11) is -4.01. The summed E-state index contributed by atoms with van der Waals surface area (Å²) in [6, 6.07) is 21.6. The zero-order valence-corrected chi connectivity index (χ0v) is 18.4. The van der Waals surface area contributed by atoms with Crippen LogP contribution in [0.15, 0.2) is 83.8 Å². The van der Waals surface area contributed by atoms with Crippen molar-refractivity contribution in [3.63, 3.8) is 0 Å². The molecule has 1 aliphatic carbocycles. The maximum atomic E-state index is 13.3. The zero-order chi connectivity index (χ0) is 22.6.